The fourth-order valence-electron chi connectivity index (χ4n) is 1.93. The molecule has 0 fully saturated rings. The van der Waals surface area contributed by atoms with Gasteiger partial charge in [0.25, 0.3) is 0 Å². The molecular formula is C14H18ClN3O2. The lowest BCUT2D eigenvalue weighted by Gasteiger charge is -2.15. The molecule has 1 atom stereocenters. The smallest absolute Gasteiger partial charge is 0.207 e. The Morgan fingerprint density at radius 2 is 2.20 bits per heavy atom. The van der Waals surface area contributed by atoms with Crippen molar-refractivity contribution in [3.8, 4) is 11.4 Å². The number of rotatable bonds is 6. The zero-order valence-electron chi connectivity index (χ0n) is 11.8. The van der Waals surface area contributed by atoms with Gasteiger partial charge in [0.15, 0.2) is 0 Å². The number of aromatic nitrogens is 2. The number of halogens is 1. The number of imidazole rings is 1. The molecule has 2 rings (SSSR count). The van der Waals surface area contributed by atoms with Crippen LogP contribution in [0.4, 0.5) is 5.95 Å². The maximum absolute atomic E-state index is 6.04. The maximum Gasteiger partial charge on any atom is 0.207 e. The van der Waals surface area contributed by atoms with E-state index >= 15 is 0 Å². The van der Waals surface area contributed by atoms with Crippen molar-refractivity contribution in [2.75, 3.05) is 26.1 Å². The molecule has 0 spiro atoms. The van der Waals surface area contributed by atoms with E-state index in [2.05, 4.69) is 10.3 Å². The lowest BCUT2D eigenvalue weighted by molar-refractivity contribution is 0.190. The van der Waals surface area contributed by atoms with Gasteiger partial charge < -0.3 is 14.8 Å². The van der Waals surface area contributed by atoms with Gasteiger partial charge in [-0.3, -0.25) is 4.57 Å². The molecule has 0 amide bonds. The van der Waals surface area contributed by atoms with Gasteiger partial charge in [-0.25, -0.2) is 4.98 Å². The standard InChI is InChI=1S/C14H18ClN3O2/c1-10(9-19-2)17-14-16-6-7-18(14)11-4-5-12(15)13(8-11)20-3/h4-8,10H,9H2,1-3H3,(H,16,17). The predicted octanol–water partition coefficient (Wildman–Crippen LogP) is 2.98. The van der Waals surface area contributed by atoms with Crippen LogP contribution in [0.1, 0.15) is 6.92 Å². The largest absolute Gasteiger partial charge is 0.495 e. The number of methoxy groups -OCH3 is 2. The average Bonchev–Trinajstić information content (AvgIpc) is 2.87. The molecule has 5 nitrogen and oxygen atoms in total. The summed E-state index contributed by atoms with van der Waals surface area (Å²) in [5, 5.41) is 3.88. The summed E-state index contributed by atoms with van der Waals surface area (Å²) in [6.45, 7) is 2.64. The first-order chi connectivity index (χ1) is 9.65. The van der Waals surface area contributed by atoms with Crippen molar-refractivity contribution in [3.63, 3.8) is 0 Å². The summed E-state index contributed by atoms with van der Waals surface area (Å²) < 4.78 is 12.3. The van der Waals surface area contributed by atoms with Crippen LogP contribution in [0.25, 0.3) is 5.69 Å². The van der Waals surface area contributed by atoms with Gasteiger partial charge in [-0.2, -0.15) is 0 Å². The summed E-state index contributed by atoms with van der Waals surface area (Å²) in [7, 11) is 3.27. The van der Waals surface area contributed by atoms with E-state index in [9.17, 15) is 0 Å². The first-order valence-corrected chi connectivity index (χ1v) is 6.66. The van der Waals surface area contributed by atoms with Crippen molar-refractivity contribution in [2.45, 2.75) is 13.0 Å². The molecule has 0 aliphatic rings. The van der Waals surface area contributed by atoms with Crippen LogP contribution in [-0.2, 0) is 4.74 Å². The normalized spacial score (nSPS) is 12.2. The topological polar surface area (TPSA) is 48.3 Å². The molecule has 1 N–H and O–H groups in total. The molecule has 0 saturated heterocycles. The summed E-state index contributed by atoms with van der Waals surface area (Å²) in [5.74, 6) is 1.38. The van der Waals surface area contributed by atoms with E-state index in [0.717, 1.165) is 11.6 Å². The summed E-state index contributed by atoms with van der Waals surface area (Å²) >= 11 is 6.04. The van der Waals surface area contributed by atoms with Crippen LogP contribution in [0.2, 0.25) is 5.02 Å². The van der Waals surface area contributed by atoms with Crippen molar-refractivity contribution in [3.05, 3.63) is 35.6 Å². The second-order valence-electron chi connectivity index (χ2n) is 4.44. The molecule has 6 heteroatoms. The molecular weight excluding hydrogens is 278 g/mol. The number of nitrogens with zero attached hydrogens (tertiary/aromatic N) is 2. The second-order valence-corrected chi connectivity index (χ2v) is 4.85. The SMILES string of the molecule is COCC(C)Nc1nccn1-c1ccc(Cl)c(OC)c1. The summed E-state index contributed by atoms with van der Waals surface area (Å²) in [6.07, 6.45) is 3.62. The van der Waals surface area contributed by atoms with Crippen LogP contribution in [0.3, 0.4) is 0 Å². The highest BCUT2D eigenvalue weighted by molar-refractivity contribution is 6.32. The Morgan fingerprint density at radius 1 is 1.40 bits per heavy atom. The zero-order chi connectivity index (χ0) is 14.5. The fourth-order valence-corrected chi connectivity index (χ4v) is 2.12. The monoisotopic (exact) mass is 295 g/mol. The molecule has 1 aromatic carbocycles. The lowest BCUT2D eigenvalue weighted by Crippen LogP contribution is -2.22. The lowest BCUT2D eigenvalue weighted by atomic mass is 10.3. The van der Waals surface area contributed by atoms with Gasteiger partial charge in [0.1, 0.15) is 5.75 Å². The Labute approximate surface area is 123 Å². The maximum atomic E-state index is 6.04. The molecule has 20 heavy (non-hydrogen) atoms. The molecule has 1 aromatic heterocycles. The van der Waals surface area contributed by atoms with E-state index in [4.69, 9.17) is 21.1 Å². The van der Waals surface area contributed by atoms with Crippen LogP contribution in [0.5, 0.6) is 5.75 Å². The fraction of sp³-hybridized carbons (Fsp3) is 0.357. The number of anilines is 1. The van der Waals surface area contributed by atoms with Crippen LogP contribution in [0.15, 0.2) is 30.6 Å². The number of hydrogen-bond donors (Lipinski definition) is 1. The highest BCUT2D eigenvalue weighted by Gasteiger charge is 2.10. The summed E-state index contributed by atoms with van der Waals surface area (Å²) in [5.41, 5.74) is 0.927. The van der Waals surface area contributed by atoms with E-state index in [-0.39, 0.29) is 6.04 Å². The van der Waals surface area contributed by atoms with Crippen LogP contribution in [0, 0.1) is 0 Å². The zero-order valence-corrected chi connectivity index (χ0v) is 12.5. The third-order valence-corrected chi connectivity index (χ3v) is 3.16. The minimum Gasteiger partial charge on any atom is -0.495 e. The molecule has 0 aliphatic heterocycles. The Morgan fingerprint density at radius 3 is 2.90 bits per heavy atom. The van der Waals surface area contributed by atoms with Gasteiger partial charge in [0, 0.05) is 31.6 Å². The van der Waals surface area contributed by atoms with Crippen LogP contribution in [-0.4, -0.2) is 36.4 Å². The number of benzene rings is 1. The quantitative estimate of drug-likeness (QED) is 0.890. The molecule has 0 radical (unpaired) electrons. The van der Waals surface area contributed by atoms with Gasteiger partial charge in [0.2, 0.25) is 5.95 Å². The summed E-state index contributed by atoms with van der Waals surface area (Å²) in [4.78, 5) is 4.32. The Hall–Kier alpha value is -1.72. The Bertz CT molecular complexity index is 571. The molecule has 1 unspecified atom stereocenters. The molecule has 0 bridgehead atoms. The Balaban J connectivity index is 2.27. The molecule has 1 heterocycles. The molecule has 0 aliphatic carbocycles. The van der Waals surface area contributed by atoms with Gasteiger partial charge in [0.05, 0.1) is 24.4 Å². The molecule has 2 aromatic rings. The third-order valence-electron chi connectivity index (χ3n) is 2.85. The molecule has 0 saturated carbocycles. The van der Waals surface area contributed by atoms with E-state index in [1.54, 1.807) is 26.5 Å². The minimum absolute atomic E-state index is 0.162. The van der Waals surface area contributed by atoms with Crippen molar-refractivity contribution in [2.24, 2.45) is 0 Å². The van der Waals surface area contributed by atoms with Gasteiger partial charge in [-0.05, 0) is 19.1 Å². The van der Waals surface area contributed by atoms with Crippen molar-refractivity contribution >= 4 is 17.5 Å². The van der Waals surface area contributed by atoms with E-state index in [1.807, 2.05) is 29.8 Å². The summed E-state index contributed by atoms with van der Waals surface area (Å²) in [6, 6.07) is 5.75. The molecule has 108 valence electrons. The van der Waals surface area contributed by atoms with Gasteiger partial charge >= 0.3 is 0 Å². The van der Waals surface area contributed by atoms with Gasteiger partial charge in [-0.1, -0.05) is 11.6 Å². The van der Waals surface area contributed by atoms with Crippen LogP contribution >= 0.6 is 11.6 Å². The van der Waals surface area contributed by atoms with Crippen LogP contribution < -0.4 is 10.1 Å². The highest BCUT2D eigenvalue weighted by Crippen LogP contribution is 2.27. The predicted molar refractivity (Wildman–Crippen MR) is 80.1 cm³/mol. The first kappa shape index (κ1) is 14.7. The van der Waals surface area contributed by atoms with Crippen molar-refractivity contribution < 1.29 is 9.47 Å². The third kappa shape index (κ3) is 3.23. The van der Waals surface area contributed by atoms with E-state index in [0.29, 0.717) is 17.4 Å². The highest BCUT2D eigenvalue weighted by atomic mass is 35.5. The van der Waals surface area contributed by atoms with Crippen molar-refractivity contribution in [1.29, 1.82) is 0 Å². The second kappa shape index (κ2) is 6.63. The average molecular weight is 296 g/mol. The Kier molecular flexibility index (Phi) is 4.87. The van der Waals surface area contributed by atoms with Gasteiger partial charge in [-0.15, -0.1) is 0 Å². The minimum atomic E-state index is 0.162. The number of nitrogens with one attached hydrogen (secondary N) is 1. The van der Waals surface area contributed by atoms with E-state index < -0.39 is 0 Å². The first-order valence-electron chi connectivity index (χ1n) is 6.28. The van der Waals surface area contributed by atoms with Crippen molar-refractivity contribution in [1.82, 2.24) is 9.55 Å². The van der Waals surface area contributed by atoms with E-state index in [1.165, 1.54) is 0 Å². The number of hydrogen-bond acceptors (Lipinski definition) is 4. The number of ether oxygens (including phenoxy) is 2.